The lowest BCUT2D eigenvalue weighted by molar-refractivity contribution is 0.164. The standard InChI is InChI=1S/C20H23N3O4S/c24-20-22-17-13-16(9-10-19(17)27-20)28(25,26)21-14-18(15-7-3-1-4-8-15)23-11-5-2-6-12-23/h1,3-4,7-10,13,18,21H,2,5-6,11-12,14H2,(H,22,24)/t18-/m1/s1. The topological polar surface area (TPSA) is 95.4 Å². The molecular weight excluding hydrogens is 378 g/mol. The van der Waals surface area contributed by atoms with E-state index in [-0.39, 0.29) is 17.5 Å². The number of hydrogen-bond acceptors (Lipinski definition) is 5. The van der Waals surface area contributed by atoms with E-state index in [0.717, 1.165) is 31.5 Å². The van der Waals surface area contributed by atoms with E-state index in [1.807, 2.05) is 30.3 Å². The van der Waals surface area contributed by atoms with Gasteiger partial charge in [-0.25, -0.2) is 17.9 Å². The molecule has 2 heterocycles. The highest BCUT2D eigenvalue weighted by molar-refractivity contribution is 7.89. The van der Waals surface area contributed by atoms with Crippen LogP contribution in [0.5, 0.6) is 0 Å². The Hall–Kier alpha value is -2.42. The number of nitrogens with one attached hydrogen (secondary N) is 2. The third-order valence-corrected chi connectivity index (χ3v) is 6.60. The quantitative estimate of drug-likeness (QED) is 0.662. The predicted molar refractivity (Wildman–Crippen MR) is 107 cm³/mol. The first-order valence-electron chi connectivity index (χ1n) is 9.44. The Labute approximate surface area is 163 Å². The normalized spacial score (nSPS) is 17.0. The maximum atomic E-state index is 12.8. The van der Waals surface area contributed by atoms with Gasteiger partial charge in [0.15, 0.2) is 5.58 Å². The average Bonchev–Trinajstić information content (AvgIpc) is 3.09. The van der Waals surface area contributed by atoms with Crippen LogP contribution in [0.15, 0.2) is 62.6 Å². The molecule has 1 saturated heterocycles. The van der Waals surface area contributed by atoms with E-state index in [2.05, 4.69) is 14.6 Å². The molecule has 3 aromatic rings. The largest absolute Gasteiger partial charge is 0.417 e. The van der Waals surface area contributed by atoms with E-state index in [0.29, 0.717) is 11.1 Å². The van der Waals surface area contributed by atoms with Gasteiger partial charge in [0.2, 0.25) is 10.0 Å². The highest BCUT2D eigenvalue weighted by atomic mass is 32.2. The second-order valence-electron chi connectivity index (χ2n) is 7.05. The Morgan fingerprint density at radius 1 is 1.07 bits per heavy atom. The van der Waals surface area contributed by atoms with Crippen LogP contribution in [-0.4, -0.2) is 37.9 Å². The fourth-order valence-electron chi connectivity index (χ4n) is 3.73. The first-order chi connectivity index (χ1) is 13.5. The van der Waals surface area contributed by atoms with Gasteiger partial charge in [0.25, 0.3) is 0 Å². The van der Waals surface area contributed by atoms with Gasteiger partial charge in [-0.05, 0) is 49.7 Å². The molecular formula is C20H23N3O4S. The Bertz CT molecular complexity index is 1100. The molecule has 0 saturated carbocycles. The molecule has 1 aromatic heterocycles. The number of H-pyrrole nitrogens is 1. The third kappa shape index (κ3) is 4.04. The molecule has 0 aliphatic carbocycles. The zero-order valence-corrected chi connectivity index (χ0v) is 16.2. The van der Waals surface area contributed by atoms with Gasteiger partial charge in [-0.1, -0.05) is 36.8 Å². The average molecular weight is 401 g/mol. The van der Waals surface area contributed by atoms with Crippen molar-refractivity contribution in [2.45, 2.75) is 30.2 Å². The summed E-state index contributed by atoms with van der Waals surface area (Å²) in [5.74, 6) is -0.605. The van der Waals surface area contributed by atoms with Crippen molar-refractivity contribution in [3.8, 4) is 0 Å². The summed E-state index contributed by atoms with van der Waals surface area (Å²) in [5, 5.41) is 0. The molecule has 0 amide bonds. The first kappa shape index (κ1) is 18.9. The molecule has 1 aliphatic rings. The smallest absolute Gasteiger partial charge is 0.408 e. The van der Waals surface area contributed by atoms with Gasteiger partial charge >= 0.3 is 5.76 Å². The van der Waals surface area contributed by atoms with Crippen LogP contribution in [-0.2, 0) is 10.0 Å². The minimum atomic E-state index is -3.72. The van der Waals surface area contributed by atoms with Gasteiger partial charge < -0.3 is 4.42 Å². The SMILES string of the molecule is O=c1[nH]c2cc(S(=O)(=O)NC[C@H](c3ccccc3)N3CCCCC3)ccc2o1. The van der Waals surface area contributed by atoms with Crippen LogP contribution in [0.1, 0.15) is 30.9 Å². The number of fused-ring (bicyclic) bond motifs is 1. The van der Waals surface area contributed by atoms with Gasteiger partial charge in [-0.15, -0.1) is 0 Å². The van der Waals surface area contributed by atoms with Crippen molar-refractivity contribution in [3.63, 3.8) is 0 Å². The van der Waals surface area contributed by atoms with E-state index in [1.165, 1.54) is 24.6 Å². The summed E-state index contributed by atoms with van der Waals surface area (Å²) >= 11 is 0. The number of sulfonamides is 1. The van der Waals surface area contributed by atoms with E-state index in [9.17, 15) is 13.2 Å². The number of likely N-dealkylation sites (tertiary alicyclic amines) is 1. The summed E-state index contributed by atoms with van der Waals surface area (Å²) in [6.07, 6.45) is 3.47. The van der Waals surface area contributed by atoms with Gasteiger partial charge in [0, 0.05) is 12.6 Å². The predicted octanol–water partition coefficient (Wildman–Crippen LogP) is 2.63. The summed E-state index contributed by atoms with van der Waals surface area (Å²) < 4.78 is 33.4. The lowest BCUT2D eigenvalue weighted by Gasteiger charge is -2.35. The van der Waals surface area contributed by atoms with Crippen molar-refractivity contribution in [2.75, 3.05) is 19.6 Å². The molecule has 8 heteroatoms. The number of aromatic amines is 1. The molecule has 0 radical (unpaired) electrons. The van der Waals surface area contributed by atoms with Crippen molar-refractivity contribution < 1.29 is 12.8 Å². The number of oxazole rings is 1. The summed E-state index contributed by atoms with van der Waals surface area (Å²) in [5.41, 5.74) is 1.80. The van der Waals surface area contributed by atoms with Gasteiger partial charge in [0.1, 0.15) is 0 Å². The molecule has 4 rings (SSSR count). The van der Waals surface area contributed by atoms with Crippen LogP contribution in [0, 0.1) is 0 Å². The van der Waals surface area contributed by atoms with E-state index < -0.39 is 15.8 Å². The van der Waals surface area contributed by atoms with Gasteiger partial charge in [-0.2, -0.15) is 0 Å². The van der Waals surface area contributed by atoms with Crippen LogP contribution >= 0.6 is 0 Å². The van der Waals surface area contributed by atoms with Crippen LogP contribution in [0.3, 0.4) is 0 Å². The summed E-state index contributed by atoms with van der Waals surface area (Å²) in [7, 11) is -3.72. The van der Waals surface area contributed by atoms with Crippen LogP contribution in [0.25, 0.3) is 11.1 Å². The van der Waals surface area contributed by atoms with Crippen LogP contribution < -0.4 is 10.5 Å². The molecule has 0 spiro atoms. The number of aromatic nitrogens is 1. The minimum absolute atomic E-state index is 0.0197. The number of hydrogen-bond donors (Lipinski definition) is 2. The number of piperidine rings is 1. The van der Waals surface area contributed by atoms with E-state index in [4.69, 9.17) is 4.42 Å². The Morgan fingerprint density at radius 3 is 2.57 bits per heavy atom. The molecule has 7 nitrogen and oxygen atoms in total. The Morgan fingerprint density at radius 2 is 1.82 bits per heavy atom. The first-order valence-corrected chi connectivity index (χ1v) is 10.9. The van der Waals surface area contributed by atoms with Gasteiger partial charge in [0.05, 0.1) is 10.4 Å². The van der Waals surface area contributed by atoms with Crippen molar-refractivity contribution in [1.29, 1.82) is 0 Å². The highest BCUT2D eigenvalue weighted by Gasteiger charge is 2.25. The fourth-order valence-corrected chi connectivity index (χ4v) is 4.80. The van der Waals surface area contributed by atoms with Gasteiger partial charge in [-0.3, -0.25) is 9.88 Å². The zero-order chi connectivity index (χ0) is 19.6. The molecule has 28 heavy (non-hydrogen) atoms. The lowest BCUT2D eigenvalue weighted by Crippen LogP contribution is -2.40. The molecule has 1 fully saturated rings. The Balaban J connectivity index is 1.56. The lowest BCUT2D eigenvalue weighted by atomic mass is 10.0. The number of nitrogens with zero attached hydrogens (tertiary/aromatic N) is 1. The number of benzene rings is 2. The summed E-state index contributed by atoms with van der Waals surface area (Å²) in [4.78, 5) is 16.2. The van der Waals surface area contributed by atoms with Crippen LogP contribution in [0.2, 0.25) is 0 Å². The molecule has 148 valence electrons. The van der Waals surface area contributed by atoms with Crippen LogP contribution in [0.4, 0.5) is 0 Å². The molecule has 2 N–H and O–H groups in total. The molecule has 0 bridgehead atoms. The highest BCUT2D eigenvalue weighted by Crippen LogP contribution is 2.25. The van der Waals surface area contributed by atoms with Crippen molar-refractivity contribution in [2.24, 2.45) is 0 Å². The fraction of sp³-hybridized carbons (Fsp3) is 0.350. The molecule has 1 atom stereocenters. The molecule has 2 aromatic carbocycles. The second-order valence-corrected chi connectivity index (χ2v) is 8.81. The van der Waals surface area contributed by atoms with E-state index in [1.54, 1.807) is 0 Å². The summed E-state index contributed by atoms with van der Waals surface area (Å²) in [6, 6.07) is 14.3. The van der Waals surface area contributed by atoms with Crippen molar-refractivity contribution in [1.82, 2.24) is 14.6 Å². The maximum Gasteiger partial charge on any atom is 0.417 e. The molecule has 0 unspecified atom stereocenters. The third-order valence-electron chi connectivity index (χ3n) is 5.18. The number of rotatable bonds is 6. The van der Waals surface area contributed by atoms with E-state index >= 15 is 0 Å². The molecule has 1 aliphatic heterocycles. The second kappa shape index (κ2) is 7.90. The minimum Gasteiger partial charge on any atom is -0.408 e. The monoisotopic (exact) mass is 401 g/mol. The maximum absolute atomic E-state index is 12.8. The van der Waals surface area contributed by atoms with Crippen molar-refractivity contribution in [3.05, 3.63) is 64.6 Å². The summed E-state index contributed by atoms with van der Waals surface area (Å²) in [6.45, 7) is 2.21. The van der Waals surface area contributed by atoms with Crippen molar-refractivity contribution >= 4 is 21.1 Å². The zero-order valence-electron chi connectivity index (χ0n) is 15.4. The Kier molecular flexibility index (Phi) is 5.34.